The van der Waals surface area contributed by atoms with Gasteiger partial charge in [0.05, 0.1) is 6.61 Å². The zero-order valence-corrected chi connectivity index (χ0v) is 20.8. The number of rotatable bonds is 8. The van der Waals surface area contributed by atoms with Crippen LogP contribution in [0, 0.1) is 0 Å². The number of phenolic OH excluding ortho intramolecular Hbond substituents is 1. The minimum absolute atomic E-state index is 0.0127. The molecule has 2 rings (SSSR count). The molecule has 1 fully saturated rings. The molecule has 0 spiro atoms. The second-order valence-corrected chi connectivity index (χ2v) is 10.1. The van der Waals surface area contributed by atoms with Crippen LogP contribution in [0.3, 0.4) is 0 Å². The van der Waals surface area contributed by atoms with E-state index in [1.165, 1.54) is 17.0 Å². The number of carbonyl (C=O) groups is 3. The van der Waals surface area contributed by atoms with Gasteiger partial charge in [0.25, 0.3) is 0 Å². The number of aromatic hydroxyl groups is 1. The molecule has 0 heterocycles. The highest BCUT2D eigenvalue weighted by Crippen LogP contribution is 2.28. The molecule has 1 aromatic carbocycles. The fraction of sp³-hybridized carbons (Fsp3) is 0.640. The first-order valence-corrected chi connectivity index (χ1v) is 11.9. The van der Waals surface area contributed by atoms with Crippen LogP contribution in [0.15, 0.2) is 24.3 Å². The van der Waals surface area contributed by atoms with Gasteiger partial charge in [-0.05, 0) is 65.2 Å². The molecule has 0 bridgehead atoms. The molecule has 9 nitrogen and oxygen atoms in total. The Morgan fingerprint density at radius 2 is 1.79 bits per heavy atom. The lowest BCUT2D eigenvalue weighted by Crippen LogP contribution is -2.56. The number of benzene rings is 1. The summed E-state index contributed by atoms with van der Waals surface area (Å²) in [7, 11) is 0. The molecule has 2 unspecified atom stereocenters. The van der Waals surface area contributed by atoms with Gasteiger partial charge in [0, 0.05) is 12.1 Å². The molecule has 1 saturated carbocycles. The van der Waals surface area contributed by atoms with E-state index in [1.54, 1.807) is 46.8 Å². The van der Waals surface area contributed by atoms with E-state index in [2.05, 4.69) is 10.6 Å². The molecule has 0 saturated heterocycles. The summed E-state index contributed by atoms with van der Waals surface area (Å²) in [5.74, 6) is -1.03. The first-order chi connectivity index (χ1) is 15.9. The van der Waals surface area contributed by atoms with Gasteiger partial charge in [-0.15, -0.1) is 0 Å². The third kappa shape index (κ3) is 7.90. The minimum atomic E-state index is -1.31. The molecule has 2 atom stereocenters. The van der Waals surface area contributed by atoms with Crippen molar-refractivity contribution in [3.63, 3.8) is 0 Å². The number of aliphatic hydroxyl groups is 1. The van der Waals surface area contributed by atoms with E-state index >= 15 is 0 Å². The van der Waals surface area contributed by atoms with E-state index in [-0.39, 0.29) is 17.7 Å². The second kappa shape index (κ2) is 12.1. The number of alkyl carbamates (subject to hydrolysis) is 1. The number of carbonyl (C=O) groups excluding carboxylic acids is 3. The molecular formula is C25H39N3O6. The average molecular weight is 478 g/mol. The maximum atomic E-state index is 13.6. The van der Waals surface area contributed by atoms with Crippen molar-refractivity contribution in [1.82, 2.24) is 15.5 Å². The summed E-state index contributed by atoms with van der Waals surface area (Å²) in [4.78, 5) is 40.7. The predicted molar refractivity (Wildman–Crippen MR) is 128 cm³/mol. The van der Waals surface area contributed by atoms with Gasteiger partial charge < -0.3 is 30.5 Å². The Morgan fingerprint density at radius 3 is 2.32 bits per heavy atom. The van der Waals surface area contributed by atoms with E-state index in [4.69, 9.17) is 4.74 Å². The molecule has 1 aromatic rings. The number of aliphatic hydroxyl groups excluding tert-OH is 1. The van der Waals surface area contributed by atoms with Crippen LogP contribution in [0.25, 0.3) is 0 Å². The topological polar surface area (TPSA) is 128 Å². The van der Waals surface area contributed by atoms with Gasteiger partial charge in [-0.1, -0.05) is 31.4 Å². The number of nitrogens with zero attached hydrogens (tertiary/aromatic N) is 1. The molecule has 34 heavy (non-hydrogen) atoms. The largest absolute Gasteiger partial charge is 0.508 e. The van der Waals surface area contributed by atoms with Crippen molar-refractivity contribution < 1.29 is 29.3 Å². The van der Waals surface area contributed by atoms with Crippen LogP contribution in [0.4, 0.5) is 4.79 Å². The average Bonchev–Trinajstić information content (AvgIpc) is 2.74. The van der Waals surface area contributed by atoms with Gasteiger partial charge >= 0.3 is 6.09 Å². The van der Waals surface area contributed by atoms with E-state index in [1.807, 2.05) is 0 Å². The third-order valence-electron chi connectivity index (χ3n) is 5.65. The zero-order chi connectivity index (χ0) is 25.5. The Kier molecular flexibility index (Phi) is 9.73. The number of ether oxygens (including phenoxy) is 1. The molecule has 3 amide bonds. The third-order valence-corrected chi connectivity index (χ3v) is 5.65. The Labute approximate surface area is 201 Å². The quantitative estimate of drug-likeness (QED) is 0.456. The normalized spacial score (nSPS) is 16.4. The highest BCUT2D eigenvalue weighted by atomic mass is 16.6. The minimum Gasteiger partial charge on any atom is -0.508 e. The fourth-order valence-electron chi connectivity index (χ4n) is 4.16. The summed E-state index contributed by atoms with van der Waals surface area (Å²) in [5, 5.41) is 25.4. The van der Waals surface area contributed by atoms with Crippen molar-refractivity contribution >= 4 is 17.9 Å². The molecule has 1 aliphatic carbocycles. The first-order valence-electron chi connectivity index (χ1n) is 11.9. The number of amides is 3. The van der Waals surface area contributed by atoms with Gasteiger partial charge in [-0.25, -0.2) is 4.79 Å². The summed E-state index contributed by atoms with van der Waals surface area (Å²) in [6.07, 6.45) is 4.08. The highest BCUT2D eigenvalue weighted by molar-refractivity contribution is 5.92. The van der Waals surface area contributed by atoms with Crippen LogP contribution < -0.4 is 10.6 Å². The van der Waals surface area contributed by atoms with Gasteiger partial charge in [0.15, 0.2) is 0 Å². The molecule has 190 valence electrons. The summed E-state index contributed by atoms with van der Waals surface area (Å²) >= 11 is 0. The summed E-state index contributed by atoms with van der Waals surface area (Å²) in [6.45, 7) is 7.91. The smallest absolute Gasteiger partial charge is 0.408 e. The van der Waals surface area contributed by atoms with Crippen molar-refractivity contribution in [1.29, 1.82) is 0 Å². The van der Waals surface area contributed by atoms with Crippen molar-refractivity contribution in [2.75, 3.05) is 6.61 Å². The number of hydrogen-bond acceptors (Lipinski definition) is 6. The van der Waals surface area contributed by atoms with Gasteiger partial charge in [0.2, 0.25) is 11.8 Å². The highest BCUT2D eigenvalue weighted by Gasteiger charge is 2.38. The summed E-state index contributed by atoms with van der Waals surface area (Å²) < 4.78 is 5.22. The number of hydrogen-bond donors (Lipinski definition) is 4. The van der Waals surface area contributed by atoms with Crippen LogP contribution >= 0.6 is 0 Å². The summed E-state index contributed by atoms with van der Waals surface area (Å²) in [5.41, 5.74) is -0.348. The first kappa shape index (κ1) is 27.4. The Balaban J connectivity index is 2.37. The van der Waals surface area contributed by atoms with E-state index in [9.17, 15) is 24.6 Å². The zero-order valence-electron chi connectivity index (χ0n) is 20.8. The summed E-state index contributed by atoms with van der Waals surface area (Å²) in [6, 6.07) is 3.41. The number of phenols is 1. The van der Waals surface area contributed by atoms with Crippen LogP contribution in [0.1, 0.15) is 78.3 Å². The molecule has 4 N–H and O–H groups in total. The maximum Gasteiger partial charge on any atom is 0.408 e. The lowest BCUT2D eigenvalue weighted by molar-refractivity contribution is -0.145. The maximum absolute atomic E-state index is 13.6. The van der Waals surface area contributed by atoms with Gasteiger partial charge in [-0.2, -0.15) is 0 Å². The standard InChI is InChI=1S/C25H39N3O6/c1-16(2)28(23(32)20(15-29)27-24(33)34-25(3,4)5)21(17-10-9-13-19(30)14-17)22(31)26-18-11-7-6-8-12-18/h9-10,13-14,16,18,20-21,29-30H,6-8,11-12,15H2,1-5H3,(H,26,31)(H,27,33). The fourth-order valence-corrected chi connectivity index (χ4v) is 4.16. The molecule has 1 aliphatic rings. The SMILES string of the molecule is CC(C)N(C(=O)C(CO)NC(=O)OC(C)(C)C)C(C(=O)NC1CCCCC1)c1cccc(O)c1. The van der Waals surface area contributed by atoms with Crippen LogP contribution in [0.5, 0.6) is 5.75 Å². The van der Waals surface area contributed by atoms with Gasteiger partial charge in [0.1, 0.15) is 23.4 Å². The van der Waals surface area contributed by atoms with E-state index in [0.29, 0.717) is 5.56 Å². The van der Waals surface area contributed by atoms with Crippen LogP contribution in [-0.2, 0) is 14.3 Å². The van der Waals surface area contributed by atoms with Crippen LogP contribution in [0.2, 0.25) is 0 Å². The van der Waals surface area contributed by atoms with Gasteiger partial charge in [-0.3, -0.25) is 9.59 Å². The van der Waals surface area contributed by atoms with Crippen molar-refractivity contribution in [3.05, 3.63) is 29.8 Å². The Morgan fingerprint density at radius 1 is 1.15 bits per heavy atom. The molecule has 0 aromatic heterocycles. The molecular weight excluding hydrogens is 438 g/mol. The monoisotopic (exact) mass is 477 g/mol. The van der Waals surface area contributed by atoms with Crippen molar-refractivity contribution in [2.45, 2.75) is 96.5 Å². The van der Waals surface area contributed by atoms with Crippen molar-refractivity contribution in [2.24, 2.45) is 0 Å². The number of nitrogens with one attached hydrogen (secondary N) is 2. The van der Waals surface area contributed by atoms with E-state index < -0.39 is 42.3 Å². The molecule has 0 radical (unpaired) electrons. The molecule has 0 aliphatic heterocycles. The van der Waals surface area contributed by atoms with Crippen LogP contribution in [-0.4, -0.2) is 63.4 Å². The predicted octanol–water partition coefficient (Wildman–Crippen LogP) is 3.00. The second-order valence-electron chi connectivity index (χ2n) is 10.1. The lowest BCUT2D eigenvalue weighted by atomic mass is 9.94. The lowest BCUT2D eigenvalue weighted by Gasteiger charge is -2.37. The Bertz CT molecular complexity index is 845. The Hall–Kier alpha value is -2.81. The van der Waals surface area contributed by atoms with Crippen molar-refractivity contribution in [3.8, 4) is 5.75 Å². The molecule has 9 heteroatoms. The van der Waals surface area contributed by atoms with E-state index in [0.717, 1.165) is 32.1 Å².